The molecule has 5 nitrogen and oxygen atoms in total. The minimum Gasteiger partial charge on any atom is -0.277 e. The Labute approximate surface area is 132 Å². The average Bonchev–Trinajstić information content (AvgIpc) is 2.96. The molecule has 3 N–H and O–H groups in total. The third-order valence-corrected chi connectivity index (χ3v) is 4.56. The predicted octanol–water partition coefficient (Wildman–Crippen LogP) is 3.04. The van der Waals surface area contributed by atoms with E-state index in [4.69, 9.17) is 16.7 Å². The van der Waals surface area contributed by atoms with E-state index in [1.807, 2.05) is 18.2 Å². The van der Waals surface area contributed by atoms with E-state index in [1.54, 1.807) is 30.5 Å². The number of aromatic nitrogens is 2. The first kappa shape index (κ1) is 14.8. The first-order valence-electron chi connectivity index (χ1n) is 6.39. The van der Waals surface area contributed by atoms with E-state index in [0.717, 1.165) is 5.56 Å². The Hall–Kier alpha value is -2.15. The second-order valence-corrected chi connectivity index (χ2v) is 6.62. The molecule has 0 unspecified atom stereocenters. The Balaban J connectivity index is 2.26. The zero-order chi connectivity index (χ0) is 15.7. The molecule has 2 aromatic carbocycles. The standard InChI is InChI=1S/C15H12ClN3O2S/c16-13-7-3-1-5-10(13)12-9-18-19-15(12)11-6-2-4-8-14(11)22(17,20)21/h1-9H,(H,18,19)(H2,17,20,21). The summed E-state index contributed by atoms with van der Waals surface area (Å²) >= 11 is 6.22. The van der Waals surface area contributed by atoms with Crippen LogP contribution in [0.2, 0.25) is 5.02 Å². The summed E-state index contributed by atoms with van der Waals surface area (Å²) in [7, 11) is -3.85. The average molecular weight is 334 g/mol. The van der Waals surface area contributed by atoms with Crippen LogP contribution >= 0.6 is 11.6 Å². The van der Waals surface area contributed by atoms with E-state index < -0.39 is 10.0 Å². The summed E-state index contributed by atoms with van der Waals surface area (Å²) in [6, 6.07) is 13.8. The molecule has 1 heterocycles. The van der Waals surface area contributed by atoms with Crippen LogP contribution < -0.4 is 5.14 Å². The lowest BCUT2D eigenvalue weighted by Gasteiger charge is -2.09. The van der Waals surface area contributed by atoms with Gasteiger partial charge in [0.25, 0.3) is 0 Å². The lowest BCUT2D eigenvalue weighted by atomic mass is 10.0. The number of primary sulfonamides is 1. The second-order valence-electron chi connectivity index (χ2n) is 4.68. The second kappa shape index (κ2) is 5.57. The molecule has 0 radical (unpaired) electrons. The van der Waals surface area contributed by atoms with Crippen molar-refractivity contribution in [2.45, 2.75) is 4.90 Å². The van der Waals surface area contributed by atoms with Gasteiger partial charge >= 0.3 is 0 Å². The number of nitrogens with one attached hydrogen (secondary N) is 1. The molecule has 112 valence electrons. The van der Waals surface area contributed by atoms with E-state index in [0.29, 0.717) is 21.8 Å². The van der Waals surface area contributed by atoms with Gasteiger partial charge in [-0.3, -0.25) is 5.10 Å². The summed E-state index contributed by atoms with van der Waals surface area (Å²) < 4.78 is 23.6. The Bertz CT molecular complexity index is 935. The number of hydrogen-bond acceptors (Lipinski definition) is 3. The highest BCUT2D eigenvalue weighted by atomic mass is 35.5. The van der Waals surface area contributed by atoms with Crippen LogP contribution in [0.15, 0.2) is 59.6 Å². The molecule has 0 aliphatic carbocycles. The van der Waals surface area contributed by atoms with Crippen molar-refractivity contribution in [2.75, 3.05) is 0 Å². The molecule has 0 aliphatic rings. The third-order valence-electron chi connectivity index (χ3n) is 3.27. The zero-order valence-corrected chi connectivity index (χ0v) is 12.9. The van der Waals surface area contributed by atoms with Crippen LogP contribution in [0.3, 0.4) is 0 Å². The summed E-state index contributed by atoms with van der Waals surface area (Å²) in [5, 5.41) is 12.7. The molecule has 0 aliphatic heterocycles. The number of halogens is 1. The van der Waals surface area contributed by atoms with Crippen molar-refractivity contribution >= 4 is 21.6 Å². The molecule has 0 saturated heterocycles. The van der Waals surface area contributed by atoms with Crippen molar-refractivity contribution in [1.82, 2.24) is 10.2 Å². The molecule has 1 aromatic heterocycles. The molecule has 0 atom stereocenters. The van der Waals surface area contributed by atoms with Gasteiger partial charge in [0.1, 0.15) is 0 Å². The number of H-pyrrole nitrogens is 1. The van der Waals surface area contributed by atoms with Crippen LogP contribution in [-0.2, 0) is 10.0 Å². The normalized spacial score (nSPS) is 11.5. The molecule has 3 aromatic rings. The van der Waals surface area contributed by atoms with Gasteiger partial charge in [-0.05, 0) is 12.1 Å². The maximum atomic E-state index is 11.8. The highest BCUT2D eigenvalue weighted by Crippen LogP contribution is 2.36. The number of benzene rings is 2. The lowest BCUT2D eigenvalue weighted by Crippen LogP contribution is -2.13. The molecule has 0 saturated carbocycles. The molecule has 0 fully saturated rings. The van der Waals surface area contributed by atoms with Crippen LogP contribution in [0.25, 0.3) is 22.4 Å². The van der Waals surface area contributed by atoms with E-state index in [2.05, 4.69) is 10.2 Å². The molecule has 0 bridgehead atoms. The molecule has 7 heteroatoms. The lowest BCUT2D eigenvalue weighted by molar-refractivity contribution is 0.598. The van der Waals surface area contributed by atoms with Crippen molar-refractivity contribution in [1.29, 1.82) is 0 Å². The summed E-state index contributed by atoms with van der Waals surface area (Å²) in [5.41, 5.74) is 2.48. The molecule has 22 heavy (non-hydrogen) atoms. The van der Waals surface area contributed by atoms with Crippen molar-refractivity contribution in [3.05, 3.63) is 59.8 Å². The summed E-state index contributed by atoms with van der Waals surface area (Å²) in [6.07, 6.45) is 1.61. The predicted molar refractivity (Wildman–Crippen MR) is 85.8 cm³/mol. The monoisotopic (exact) mass is 333 g/mol. The van der Waals surface area contributed by atoms with Gasteiger partial charge in [-0.15, -0.1) is 0 Å². The van der Waals surface area contributed by atoms with E-state index in [9.17, 15) is 8.42 Å². The van der Waals surface area contributed by atoms with Crippen molar-refractivity contribution in [3.63, 3.8) is 0 Å². The summed E-state index contributed by atoms with van der Waals surface area (Å²) in [4.78, 5) is 0.0348. The first-order valence-corrected chi connectivity index (χ1v) is 8.31. The number of aromatic amines is 1. The van der Waals surface area contributed by atoms with Crippen molar-refractivity contribution in [2.24, 2.45) is 5.14 Å². The number of hydrogen-bond donors (Lipinski definition) is 2. The number of nitrogens with two attached hydrogens (primary N) is 1. The SMILES string of the molecule is NS(=O)(=O)c1ccccc1-c1[nH]ncc1-c1ccccc1Cl. The number of nitrogens with zero attached hydrogens (tertiary/aromatic N) is 1. The smallest absolute Gasteiger partial charge is 0.238 e. The van der Waals surface area contributed by atoms with Gasteiger partial charge in [0.15, 0.2) is 0 Å². The Morgan fingerprint density at radius 3 is 2.27 bits per heavy atom. The Morgan fingerprint density at radius 2 is 1.59 bits per heavy atom. The minimum atomic E-state index is -3.85. The van der Waals surface area contributed by atoms with Crippen LogP contribution in [0.1, 0.15) is 0 Å². The molecule has 0 spiro atoms. The van der Waals surface area contributed by atoms with E-state index in [-0.39, 0.29) is 4.90 Å². The molecule has 0 amide bonds. The fourth-order valence-electron chi connectivity index (χ4n) is 2.30. The quantitative estimate of drug-likeness (QED) is 0.772. The number of rotatable bonds is 3. The topological polar surface area (TPSA) is 88.8 Å². The summed E-state index contributed by atoms with van der Waals surface area (Å²) in [5.74, 6) is 0. The highest BCUT2D eigenvalue weighted by Gasteiger charge is 2.19. The highest BCUT2D eigenvalue weighted by molar-refractivity contribution is 7.89. The van der Waals surface area contributed by atoms with Gasteiger partial charge < -0.3 is 0 Å². The van der Waals surface area contributed by atoms with E-state index in [1.165, 1.54) is 6.07 Å². The van der Waals surface area contributed by atoms with Gasteiger partial charge in [0, 0.05) is 21.7 Å². The summed E-state index contributed by atoms with van der Waals surface area (Å²) in [6.45, 7) is 0. The molecule has 3 rings (SSSR count). The van der Waals surface area contributed by atoms with Crippen LogP contribution in [0, 0.1) is 0 Å². The fourth-order valence-corrected chi connectivity index (χ4v) is 3.28. The zero-order valence-electron chi connectivity index (χ0n) is 11.3. The van der Waals surface area contributed by atoms with Gasteiger partial charge in [-0.2, -0.15) is 5.10 Å². The molecular weight excluding hydrogens is 322 g/mol. The first-order chi connectivity index (χ1) is 10.5. The van der Waals surface area contributed by atoms with Crippen molar-refractivity contribution in [3.8, 4) is 22.4 Å². The maximum absolute atomic E-state index is 11.8. The van der Waals surface area contributed by atoms with Crippen LogP contribution in [-0.4, -0.2) is 18.6 Å². The van der Waals surface area contributed by atoms with Gasteiger partial charge in [0.2, 0.25) is 10.0 Å². The molecular formula is C15H12ClN3O2S. The van der Waals surface area contributed by atoms with Crippen LogP contribution in [0.5, 0.6) is 0 Å². The van der Waals surface area contributed by atoms with Crippen molar-refractivity contribution < 1.29 is 8.42 Å². The minimum absolute atomic E-state index is 0.0348. The third kappa shape index (κ3) is 2.64. The Kier molecular flexibility index (Phi) is 3.74. The van der Waals surface area contributed by atoms with Gasteiger partial charge in [-0.1, -0.05) is 48.0 Å². The largest absolute Gasteiger partial charge is 0.277 e. The number of sulfonamides is 1. The Morgan fingerprint density at radius 1 is 0.955 bits per heavy atom. The van der Waals surface area contributed by atoms with Gasteiger partial charge in [-0.25, -0.2) is 13.6 Å². The fraction of sp³-hybridized carbons (Fsp3) is 0. The van der Waals surface area contributed by atoms with Gasteiger partial charge in [0.05, 0.1) is 16.8 Å². The van der Waals surface area contributed by atoms with Crippen LogP contribution in [0.4, 0.5) is 0 Å². The maximum Gasteiger partial charge on any atom is 0.238 e. The van der Waals surface area contributed by atoms with E-state index >= 15 is 0 Å².